The Hall–Kier alpha value is -3.33. The van der Waals surface area contributed by atoms with Crippen LogP contribution in [0.5, 0.6) is 11.5 Å². The zero-order valence-electron chi connectivity index (χ0n) is 13.9. The number of halogens is 1. The summed E-state index contributed by atoms with van der Waals surface area (Å²) in [5.41, 5.74) is 0.871. The van der Waals surface area contributed by atoms with Crippen molar-refractivity contribution >= 4 is 17.7 Å². The molecule has 2 aromatic rings. The molecule has 1 amide bonds. The molecule has 0 unspecified atom stereocenters. The molecule has 0 fully saturated rings. The van der Waals surface area contributed by atoms with Crippen molar-refractivity contribution in [3.63, 3.8) is 0 Å². The van der Waals surface area contributed by atoms with Crippen LogP contribution >= 0.6 is 0 Å². The van der Waals surface area contributed by atoms with Crippen LogP contribution in [0.3, 0.4) is 0 Å². The molecule has 0 saturated carbocycles. The lowest BCUT2D eigenvalue weighted by Crippen LogP contribution is -2.13. The van der Waals surface area contributed by atoms with Crippen molar-refractivity contribution in [2.24, 2.45) is 0 Å². The van der Waals surface area contributed by atoms with E-state index in [4.69, 9.17) is 9.47 Å². The minimum atomic E-state index is -0.590. The summed E-state index contributed by atoms with van der Waals surface area (Å²) < 4.78 is 23.6. The number of methoxy groups -OCH3 is 1. The van der Waals surface area contributed by atoms with Gasteiger partial charge in [0.05, 0.1) is 13.7 Å². The number of nitrogens with one attached hydrogen (secondary N) is 1. The van der Waals surface area contributed by atoms with Crippen molar-refractivity contribution in [2.45, 2.75) is 6.92 Å². The lowest BCUT2D eigenvalue weighted by molar-refractivity contribution is -0.112. The van der Waals surface area contributed by atoms with Crippen LogP contribution in [0.15, 0.2) is 48.0 Å². The molecule has 2 aromatic carbocycles. The third kappa shape index (κ3) is 4.82. The lowest BCUT2D eigenvalue weighted by Gasteiger charge is -2.10. The van der Waals surface area contributed by atoms with Crippen LogP contribution in [0.1, 0.15) is 12.5 Å². The molecule has 0 spiro atoms. The molecule has 0 aliphatic carbocycles. The fraction of sp³-hybridized carbons (Fsp3) is 0.158. The zero-order chi connectivity index (χ0) is 18.2. The Balaban J connectivity index is 2.28. The first-order valence-electron chi connectivity index (χ1n) is 7.57. The normalized spacial score (nSPS) is 10.7. The van der Waals surface area contributed by atoms with Gasteiger partial charge in [-0.3, -0.25) is 4.79 Å². The second-order valence-corrected chi connectivity index (χ2v) is 4.97. The van der Waals surface area contributed by atoms with Gasteiger partial charge >= 0.3 is 0 Å². The number of nitrogens with zero attached hydrogens (tertiary/aromatic N) is 1. The standard InChI is InChI=1S/C19H17FN2O3/c1-3-25-18-11-17(24-2)9-4-13(18)10-14(12-21)19(23)22-16-7-5-15(20)6-8-16/h4-11H,3H2,1-2H3,(H,22,23)/b14-10+. The Bertz CT molecular complexity index is 824. The third-order valence-electron chi connectivity index (χ3n) is 3.29. The summed E-state index contributed by atoms with van der Waals surface area (Å²) in [6.45, 7) is 2.26. The fourth-order valence-corrected chi connectivity index (χ4v) is 2.08. The van der Waals surface area contributed by atoms with E-state index in [2.05, 4.69) is 5.32 Å². The van der Waals surface area contributed by atoms with Gasteiger partial charge in [-0.15, -0.1) is 0 Å². The van der Waals surface area contributed by atoms with Crippen molar-refractivity contribution in [3.8, 4) is 17.6 Å². The van der Waals surface area contributed by atoms with Crippen molar-refractivity contribution in [1.82, 2.24) is 0 Å². The average molecular weight is 340 g/mol. The van der Waals surface area contributed by atoms with Gasteiger partial charge in [-0.1, -0.05) is 0 Å². The minimum absolute atomic E-state index is 0.101. The summed E-state index contributed by atoms with van der Waals surface area (Å²) in [6, 6.07) is 12.2. The summed E-state index contributed by atoms with van der Waals surface area (Å²) in [7, 11) is 1.54. The number of rotatable bonds is 6. The van der Waals surface area contributed by atoms with Gasteiger partial charge in [0.15, 0.2) is 0 Å². The van der Waals surface area contributed by atoms with Crippen molar-refractivity contribution in [1.29, 1.82) is 5.26 Å². The minimum Gasteiger partial charge on any atom is -0.497 e. The van der Waals surface area contributed by atoms with E-state index in [1.165, 1.54) is 37.5 Å². The van der Waals surface area contributed by atoms with Crippen LogP contribution in [0.2, 0.25) is 0 Å². The number of ether oxygens (including phenoxy) is 2. The highest BCUT2D eigenvalue weighted by atomic mass is 19.1. The van der Waals surface area contributed by atoms with Crippen LogP contribution in [0.25, 0.3) is 6.08 Å². The van der Waals surface area contributed by atoms with E-state index < -0.39 is 11.7 Å². The molecular formula is C19H17FN2O3. The molecule has 0 saturated heterocycles. The molecule has 0 heterocycles. The number of anilines is 1. The van der Waals surface area contributed by atoms with Gasteiger partial charge in [-0.2, -0.15) is 5.26 Å². The van der Waals surface area contributed by atoms with E-state index in [9.17, 15) is 14.4 Å². The Morgan fingerprint density at radius 1 is 1.28 bits per heavy atom. The number of benzene rings is 2. The molecule has 128 valence electrons. The second kappa shape index (κ2) is 8.50. The molecular weight excluding hydrogens is 323 g/mol. The van der Waals surface area contributed by atoms with Crippen LogP contribution in [-0.2, 0) is 4.79 Å². The topological polar surface area (TPSA) is 71.3 Å². The predicted octanol–water partition coefficient (Wildman–Crippen LogP) is 3.78. The Labute approximate surface area is 145 Å². The maximum Gasteiger partial charge on any atom is 0.266 e. The highest BCUT2D eigenvalue weighted by Gasteiger charge is 2.12. The summed E-state index contributed by atoms with van der Waals surface area (Å²) in [5, 5.41) is 11.8. The summed E-state index contributed by atoms with van der Waals surface area (Å²) >= 11 is 0. The Morgan fingerprint density at radius 2 is 2.00 bits per heavy atom. The van der Waals surface area contributed by atoms with Crippen LogP contribution in [0, 0.1) is 17.1 Å². The number of carbonyl (C=O) groups is 1. The van der Waals surface area contributed by atoms with Crippen LogP contribution in [0.4, 0.5) is 10.1 Å². The number of hydrogen-bond donors (Lipinski definition) is 1. The second-order valence-electron chi connectivity index (χ2n) is 4.97. The summed E-state index contributed by atoms with van der Waals surface area (Å²) in [5.74, 6) is 0.111. The zero-order valence-corrected chi connectivity index (χ0v) is 13.9. The Morgan fingerprint density at radius 3 is 2.60 bits per heavy atom. The van der Waals surface area contributed by atoms with E-state index in [1.807, 2.05) is 13.0 Å². The molecule has 0 aliphatic heterocycles. The molecule has 0 aliphatic rings. The van der Waals surface area contributed by atoms with Gasteiger partial charge in [0.1, 0.15) is 29.0 Å². The lowest BCUT2D eigenvalue weighted by atomic mass is 10.1. The van der Waals surface area contributed by atoms with E-state index in [1.54, 1.807) is 18.2 Å². The molecule has 0 bridgehead atoms. The van der Waals surface area contributed by atoms with Gasteiger partial charge in [0.25, 0.3) is 5.91 Å². The molecule has 0 radical (unpaired) electrons. The van der Waals surface area contributed by atoms with Gasteiger partial charge in [0, 0.05) is 17.3 Å². The molecule has 5 nitrogen and oxygen atoms in total. The summed E-state index contributed by atoms with van der Waals surface area (Å²) in [4.78, 5) is 12.3. The Kier molecular flexibility index (Phi) is 6.13. The first-order valence-corrected chi connectivity index (χ1v) is 7.57. The first-order chi connectivity index (χ1) is 12.1. The third-order valence-corrected chi connectivity index (χ3v) is 3.29. The SMILES string of the molecule is CCOc1cc(OC)ccc1/C=C(\C#N)C(=O)Nc1ccc(F)cc1. The van der Waals surface area contributed by atoms with Gasteiger partial charge in [-0.25, -0.2) is 4.39 Å². The molecule has 6 heteroatoms. The predicted molar refractivity (Wildman–Crippen MR) is 92.8 cm³/mol. The van der Waals surface area contributed by atoms with Gasteiger partial charge < -0.3 is 14.8 Å². The summed E-state index contributed by atoms with van der Waals surface area (Å²) in [6.07, 6.45) is 1.43. The van der Waals surface area contributed by atoms with Crippen molar-refractivity contribution < 1.29 is 18.7 Å². The number of hydrogen-bond acceptors (Lipinski definition) is 4. The van der Waals surface area contributed by atoms with E-state index >= 15 is 0 Å². The largest absolute Gasteiger partial charge is 0.497 e. The quantitative estimate of drug-likeness (QED) is 0.642. The van der Waals surface area contributed by atoms with E-state index in [0.717, 1.165) is 0 Å². The van der Waals surface area contributed by atoms with E-state index in [-0.39, 0.29) is 5.57 Å². The van der Waals surface area contributed by atoms with Gasteiger partial charge in [0.2, 0.25) is 0 Å². The maximum atomic E-state index is 12.9. The fourth-order valence-electron chi connectivity index (χ4n) is 2.08. The van der Waals surface area contributed by atoms with Crippen molar-refractivity contribution in [3.05, 3.63) is 59.4 Å². The monoisotopic (exact) mass is 340 g/mol. The van der Waals surface area contributed by atoms with Crippen LogP contribution < -0.4 is 14.8 Å². The number of amides is 1. The van der Waals surface area contributed by atoms with Crippen LogP contribution in [-0.4, -0.2) is 19.6 Å². The molecule has 25 heavy (non-hydrogen) atoms. The number of carbonyl (C=O) groups excluding carboxylic acids is 1. The van der Waals surface area contributed by atoms with Crippen molar-refractivity contribution in [2.75, 3.05) is 19.0 Å². The highest BCUT2D eigenvalue weighted by molar-refractivity contribution is 6.09. The highest BCUT2D eigenvalue weighted by Crippen LogP contribution is 2.27. The first kappa shape index (κ1) is 18.0. The molecule has 0 aromatic heterocycles. The number of nitriles is 1. The molecule has 1 N–H and O–H groups in total. The van der Waals surface area contributed by atoms with E-state index in [0.29, 0.717) is 29.4 Å². The molecule has 2 rings (SSSR count). The maximum absolute atomic E-state index is 12.9. The van der Waals surface area contributed by atoms with Gasteiger partial charge in [-0.05, 0) is 49.4 Å². The molecule has 0 atom stereocenters. The smallest absolute Gasteiger partial charge is 0.266 e. The average Bonchev–Trinajstić information content (AvgIpc) is 2.62.